The lowest BCUT2D eigenvalue weighted by molar-refractivity contribution is 0.0902. The number of likely N-dealkylation sites (tertiary alicyclic amines) is 1. The number of rotatable bonds is 5. The van der Waals surface area contributed by atoms with Gasteiger partial charge in [0.25, 0.3) is 0 Å². The number of nitrogens with zero attached hydrogens (tertiary/aromatic N) is 1. The van der Waals surface area contributed by atoms with E-state index >= 15 is 0 Å². The van der Waals surface area contributed by atoms with Crippen molar-refractivity contribution in [3.63, 3.8) is 0 Å². The third kappa shape index (κ3) is 4.22. The predicted octanol–water partition coefficient (Wildman–Crippen LogP) is 2.27. The van der Waals surface area contributed by atoms with E-state index in [1.165, 1.54) is 38.8 Å². The summed E-state index contributed by atoms with van der Waals surface area (Å²) in [6.45, 7) is 12.7. The molecule has 0 radical (unpaired) electrons. The highest BCUT2D eigenvalue weighted by molar-refractivity contribution is 4.82. The molecule has 2 rings (SSSR count). The van der Waals surface area contributed by atoms with Crippen molar-refractivity contribution in [3.8, 4) is 0 Å². The zero-order valence-corrected chi connectivity index (χ0v) is 12.4. The van der Waals surface area contributed by atoms with E-state index < -0.39 is 0 Å². The molecule has 0 aliphatic carbocycles. The molecule has 0 aromatic rings. The Morgan fingerprint density at radius 3 is 2.67 bits per heavy atom. The first kappa shape index (κ1) is 14.3. The van der Waals surface area contributed by atoms with E-state index in [2.05, 4.69) is 31.0 Å². The molecule has 2 fully saturated rings. The van der Waals surface area contributed by atoms with Gasteiger partial charge in [0.05, 0.1) is 6.10 Å². The lowest BCUT2D eigenvalue weighted by Crippen LogP contribution is -2.47. The van der Waals surface area contributed by atoms with Gasteiger partial charge in [0.2, 0.25) is 0 Å². The van der Waals surface area contributed by atoms with Crippen molar-refractivity contribution in [2.24, 2.45) is 5.41 Å². The highest BCUT2D eigenvalue weighted by Gasteiger charge is 2.27. The van der Waals surface area contributed by atoms with Gasteiger partial charge in [-0.2, -0.15) is 0 Å². The van der Waals surface area contributed by atoms with Crippen LogP contribution in [0.2, 0.25) is 0 Å². The largest absolute Gasteiger partial charge is 0.377 e. The van der Waals surface area contributed by atoms with Crippen LogP contribution in [0.5, 0.6) is 0 Å². The van der Waals surface area contributed by atoms with Crippen molar-refractivity contribution in [2.45, 2.75) is 58.6 Å². The van der Waals surface area contributed by atoms with Crippen LogP contribution in [0.15, 0.2) is 0 Å². The number of hydrogen-bond donors (Lipinski definition) is 1. The Balaban J connectivity index is 1.61. The van der Waals surface area contributed by atoms with Gasteiger partial charge in [-0.3, -0.25) is 4.90 Å². The average Bonchev–Trinajstić information content (AvgIpc) is 2.82. The molecule has 2 atom stereocenters. The minimum atomic E-state index is 0.470. The van der Waals surface area contributed by atoms with Gasteiger partial charge in [-0.05, 0) is 51.1 Å². The maximum atomic E-state index is 5.63. The van der Waals surface area contributed by atoms with Gasteiger partial charge >= 0.3 is 0 Å². The second kappa shape index (κ2) is 6.36. The number of hydrogen-bond acceptors (Lipinski definition) is 3. The van der Waals surface area contributed by atoms with E-state index in [0.29, 0.717) is 17.6 Å². The SMILES string of the molecule is CC(CNCC1CCCO1)N1CCC(C)(C)CC1. The van der Waals surface area contributed by atoms with Crippen LogP contribution in [-0.4, -0.2) is 49.8 Å². The molecular weight excluding hydrogens is 224 g/mol. The summed E-state index contributed by atoms with van der Waals surface area (Å²) < 4.78 is 5.63. The van der Waals surface area contributed by atoms with Gasteiger partial charge in [0, 0.05) is 25.7 Å². The molecule has 0 amide bonds. The molecule has 0 spiro atoms. The molecular formula is C15H30N2O. The highest BCUT2D eigenvalue weighted by Crippen LogP contribution is 2.30. The Bertz CT molecular complexity index is 239. The van der Waals surface area contributed by atoms with E-state index in [1.807, 2.05) is 0 Å². The second-order valence-electron chi connectivity index (χ2n) is 6.84. The Hall–Kier alpha value is -0.120. The zero-order chi connectivity index (χ0) is 13.0. The van der Waals surface area contributed by atoms with Crippen LogP contribution < -0.4 is 5.32 Å². The molecule has 2 aliphatic rings. The molecule has 0 aromatic carbocycles. The summed E-state index contributed by atoms with van der Waals surface area (Å²) in [6, 6.07) is 0.655. The Morgan fingerprint density at radius 1 is 1.33 bits per heavy atom. The molecule has 3 nitrogen and oxygen atoms in total. The number of piperidine rings is 1. The summed E-state index contributed by atoms with van der Waals surface area (Å²) in [5, 5.41) is 3.58. The molecule has 0 bridgehead atoms. The first-order valence-corrected chi connectivity index (χ1v) is 7.63. The maximum absolute atomic E-state index is 5.63. The number of nitrogens with one attached hydrogen (secondary N) is 1. The number of ether oxygens (including phenoxy) is 1. The van der Waals surface area contributed by atoms with Gasteiger partial charge in [0.15, 0.2) is 0 Å². The minimum Gasteiger partial charge on any atom is -0.377 e. The van der Waals surface area contributed by atoms with E-state index in [-0.39, 0.29) is 0 Å². The van der Waals surface area contributed by atoms with Crippen LogP contribution in [0, 0.1) is 5.41 Å². The Morgan fingerprint density at radius 2 is 2.06 bits per heavy atom. The fourth-order valence-electron chi connectivity index (χ4n) is 2.96. The molecule has 2 aliphatic heterocycles. The van der Waals surface area contributed by atoms with Crippen LogP contribution in [0.4, 0.5) is 0 Å². The molecule has 18 heavy (non-hydrogen) atoms. The first-order valence-electron chi connectivity index (χ1n) is 7.63. The smallest absolute Gasteiger partial charge is 0.0700 e. The second-order valence-corrected chi connectivity index (χ2v) is 6.84. The minimum absolute atomic E-state index is 0.470. The van der Waals surface area contributed by atoms with Crippen LogP contribution in [-0.2, 0) is 4.74 Å². The summed E-state index contributed by atoms with van der Waals surface area (Å²) in [6.07, 6.45) is 5.62. The van der Waals surface area contributed by atoms with Crippen molar-refractivity contribution in [3.05, 3.63) is 0 Å². The Kier molecular flexibility index (Phi) is 5.05. The van der Waals surface area contributed by atoms with E-state index in [0.717, 1.165) is 19.7 Å². The van der Waals surface area contributed by atoms with Crippen LogP contribution in [0.1, 0.15) is 46.5 Å². The van der Waals surface area contributed by atoms with Crippen molar-refractivity contribution in [1.29, 1.82) is 0 Å². The third-order valence-corrected chi connectivity index (χ3v) is 4.61. The predicted molar refractivity (Wildman–Crippen MR) is 75.9 cm³/mol. The quantitative estimate of drug-likeness (QED) is 0.814. The van der Waals surface area contributed by atoms with E-state index in [4.69, 9.17) is 4.74 Å². The van der Waals surface area contributed by atoms with Crippen molar-refractivity contribution >= 4 is 0 Å². The fourth-order valence-corrected chi connectivity index (χ4v) is 2.96. The lowest BCUT2D eigenvalue weighted by Gasteiger charge is -2.40. The van der Waals surface area contributed by atoms with Crippen molar-refractivity contribution in [1.82, 2.24) is 10.2 Å². The van der Waals surface area contributed by atoms with Crippen LogP contribution in [0.3, 0.4) is 0 Å². The average molecular weight is 254 g/mol. The van der Waals surface area contributed by atoms with Gasteiger partial charge in [0.1, 0.15) is 0 Å². The van der Waals surface area contributed by atoms with E-state index in [1.54, 1.807) is 0 Å². The molecule has 2 unspecified atom stereocenters. The first-order chi connectivity index (χ1) is 8.57. The van der Waals surface area contributed by atoms with Gasteiger partial charge in [-0.1, -0.05) is 13.8 Å². The molecule has 2 saturated heterocycles. The van der Waals surface area contributed by atoms with Gasteiger partial charge < -0.3 is 10.1 Å². The van der Waals surface area contributed by atoms with Gasteiger partial charge in [-0.15, -0.1) is 0 Å². The monoisotopic (exact) mass is 254 g/mol. The molecule has 2 heterocycles. The standard InChI is InChI=1S/C15H30N2O/c1-13(11-16-12-14-5-4-10-18-14)17-8-6-15(2,3)7-9-17/h13-14,16H,4-12H2,1-3H3. The highest BCUT2D eigenvalue weighted by atomic mass is 16.5. The summed E-state index contributed by atoms with van der Waals surface area (Å²) in [5.74, 6) is 0. The lowest BCUT2D eigenvalue weighted by atomic mass is 9.82. The van der Waals surface area contributed by atoms with E-state index in [9.17, 15) is 0 Å². The van der Waals surface area contributed by atoms with Crippen molar-refractivity contribution < 1.29 is 4.74 Å². The molecule has 1 N–H and O–H groups in total. The maximum Gasteiger partial charge on any atom is 0.0700 e. The van der Waals surface area contributed by atoms with Gasteiger partial charge in [-0.25, -0.2) is 0 Å². The molecule has 0 aromatic heterocycles. The van der Waals surface area contributed by atoms with Crippen LogP contribution in [0.25, 0.3) is 0 Å². The Labute approximate surface area is 112 Å². The third-order valence-electron chi connectivity index (χ3n) is 4.61. The summed E-state index contributed by atoms with van der Waals surface area (Å²) in [5.41, 5.74) is 0.557. The van der Waals surface area contributed by atoms with Crippen LogP contribution >= 0.6 is 0 Å². The zero-order valence-electron chi connectivity index (χ0n) is 12.4. The topological polar surface area (TPSA) is 24.5 Å². The normalized spacial score (nSPS) is 30.5. The molecule has 106 valence electrons. The molecule has 3 heteroatoms. The molecule has 0 saturated carbocycles. The van der Waals surface area contributed by atoms with Crippen molar-refractivity contribution in [2.75, 3.05) is 32.8 Å². The fraction of sp³-hybridized carbons (Fsp3) is 1.00. The summed E-state index contributed by atoms with van der Waals surface area (Å²) in [4.78, 5) is 2.63. The summed E-state index contributed by atoms with van der Waals surface area (Å²) in [7, 11) is 0. The summed E-state index contributed by atoms with van der Waals surface area (Å²) >= 11 is 0.